The van der Waals surface area contributed by atoms with Gasteiger partial charge in [0.05, 0.1) is 5.69 Å². The highest BCUT2D eigenvalue weighted by Crippen LogP contribution is 2.28. The molecule has 0 aliphatic heterocycles. The Morgan fingerprint density at radius 1 is 1.44 bits per heavy atom. The van der Waals surface area contributed by atoms with Crippen LogP contribution in [0.25, 0.3) is 0 Å². The van der Waals surface area contributed by atoms with Gasteiger partial charge in [0.15, 0.2) is 0 Å². The second kappa shape index (κ2) is 6.17. The Kier molecular flexibility index (Phi) is 4.56. The molecule has 0 atom stereocenters. The number of carbonyl (C=O) groups excluding carboxylic acids is 1. The summed E-state index contributed by atoms with van der Waals surface area (Å²) in [6.45, 7) is 2.09. The Balaban J connectivity index is 1.80. The molecule has 18 heavy (non-hydrogen) atoms. The van der Waals surface area contributed by atoms with Crippen molar-refractivity contribution < 1.29 is 4.79 Å². The van der Waals surface area contributed by atoms with E-state index in [2.05, 4.69) is 18.1 Å². The molecule has 1 aromatic rings. The van der Waals surface area contributed by atoms with Crippen molar-refractivity contribution in [1.82, 2.24) is 9.78 Å². The van der Waals surface area contributed by atoms with Gasteiger partial charge < -0.3 is 0 Å². The summed E-state index contributed by atoms with van der Waals surface area (Å²) in [5.41, 5.74) is 2.14. The van der Waals surface area contributed by atoms with Crippen molar-refractivity contribution in [2.24, 2.45) is 13.0 Å². The van der Waals surface area contributed by atoms with Crippen LogP contribution in [0.4, 0.5) is 0 Å². The van der Waals surface area contributed by atoms with E-state index < -0.39 is 0 Å². The maximum absolute atomic E-state index is 12.0. The number of aromatic nitrogens is 2. The minimum Gasteiger partial charge on any atom is -0.299 e. The Hall–Kier alpha value is -1.12. The lowest BCUT2D eigenvalue weighted by atomic mass is 9.99. The molecular weight excluding hydrogens is 224 g/mol. The smallest absolute Gasteiger partial charge is 0.138 e. The van der Waals surface area contributed by atoms with E-state index in [1.165, 1.54) is 25.7 Å². The SMILES string of the molecule is CCc1cc(CC(=O)CCC2CCCC2)n(C)n1. The number of carbonyl (C=O) groups is 1. The molecule has 0 aromatic carbocycles. The van der Waals surface area contributed by atoms with Crippen molar-refractivity contribution >= 4 is 5.78 Å². The van der Waals surface area contributed by atoms with Gasteiger partial charge in [-0.1, -0.05) is 32.6 Å². The predicted octanol–water partition coefficient (Wildman–Crippen LogP) is 3.06. The van der Waals surface area contributed by atoms with E-state index in [1.54, 1.807) is 0 Å². The standard InChI is InChI=1S/C15H24N2O/c1-3-13-10-14(17(2)16-13)11-15(18)9-8-12-6-4-5-7-12/h10,12H,3-9,11H2,1-2H3. The highest BCUT2D eigenvalue weighted by molar-refractivity contribution is 5.80. The third-order valence-electron chi connectivity index (χ3n) is 4.07. The molecule has 0 saturated heterocycles. The molecule has 3 heteroatoms. The molecule has 1 fully saturated rings. The quantitative estimate of drug-likeness (QED) is 0.775. The fourth-order valence-electron chi connectivity index (χ4n) is 2.86. The number of ketones is 1. The van der Waals surface area contributed by atoms with E-state index in [4.69, 9.17) is 0 Å². The molecule has 0 radical (unpaired) electrons. The molecule has 1 heterocycles. The summed E-state index contributed by atoms with van der Waals surface area (Å²) in [6.07, 6.45) is 8.72. The fraction of sp³-hybridized carbons (Fsp3) is 0.733. The zero-order valence-electron chi connectivity index (χ0n) is 11.6. The first-order valence-corrected chi connectivity index (χ1v) is 7.22. The van der Waals surface area contributed by atoms with Crippen LogP contribution in [0.1, 0.15) is 56.8 Å². The van der Waals surface area contributed by atoms with Crippen molar-refractivity contribution in [3.05, 3.63) is 17.5 Å². The molecule has 0 unspecified atom stereocenters. The van der Waals surface area contributed by atoms with E-state index in [1.807, 2.05) is 11.7 Å². The maximum atomic E-state index is 12.0. The Labute approximate surface area is 110 Å². The predicted molar refractivity (Wildman–Crippen MR) is 72.5 cm³/mol. The number of nitrogens with zero attached hydrogens (tertiary/aromatic N) is 2. The Morgan fingerprint density at radius 3 is 2.78 bits per heavy atom. The van der Waals surface area contributed by atoms with Gasteiger partial charge in [0, 0.05) is 25.6 Å². The van der Waals surface area contributed by atoms with Gasteiger partial charge in [-0.05, 0) is 24.8 Å². The van der Waals surface area contributed by atoms with Gasteiger partial charge in [-0.25, -0.2) is 0 Å². The third-order valence-corrected chi connectivity index (χ3v) is 4.07. The zero-order valence-corrected chi connectivity index (χ0v) is 11.6. The highest BCUT2D eigenvalue weighted by atomic mass is 16.1. The molecule has 0 amide bonds. The third kappa shape index (κ3) is 3.44. The van der Waals surface area contributed by atoms with E-state index in [9.17, 15) is 4.79 Å². The topological polar surface area (TPSA) is 34.9 Å². The van der Waals surface area contributed by atoms with Crippen LogP contribution in [-0.2, 0) is 24.7 Å². The van der Waals surface area contributed by atoms with E-state index >= 15 is 0 Å². The van der Waals surface area contributed by atoms with Gasteiger partial charge in [-0.3, -0.25) is 9.48 Å². The van der Waals surface area contributed by atoms with Gasteiger partial charge in [-0.15, -0.1) is 0 Å². The fourth-order valence-corrected chi connectivity index (χ4v) is 2.86. The van der Waals surface area contributed by atoms with Crippen molar-refractivity contribution in [2.75, 3.05) is 0 Å². The summed E-state index contributed by atoms with van der Waals surface area (Å²) in [5.74, 6) is 1.18. The van der Waals surface area contributed by atoms with Crippen molar-refractivity contribution in [2.45, 2.75) is 58.3 Å². The van der Waals surface area contributed by atoms with E-state index in [0.717, 1.165) is 36.6 Å². The first-order chi connectivity index (χ1) is 8.69. The molecular formula is C15H24N2O. The number of Topliss-reactive ketones (excluding diaryl/α,β-unsaturated/α-hetero) is 1. The highest BCUT2D eigenvalue weighted by Gasteiger charge is 2.17. The molecule has 1 aliphatic carbocycles. The van der Waals surface area contributed by atoms with Crippen LogP contribution in [-0.4, -0.2) is 15.6 Å². The summed E-state index contributed by atoms with van der Waals surface area (Å²) in [5, 5.41) is 4.38. The summed E-state index contributed by atoms with van der Waals surface area (Å²) < 4.78 is 1.85. The minimum absolute atomic E-state index is 0.368. The summed E-state index contributed by atoms with van der Waals surface area (Å²) in [6, 6.07) is 2.06. The number of hydrogen-bond donors (Lipinski definition) is 0. The normalized spacial score (nSPS) is 16.3. The van der Waals surface area contributed by atoms with Crippen LogP contribution in [0.5, 0.6) is 0 Å². The summed E-state index contributed by atoms with van der Waals surface area (Å²) >= 11 is 0. The molecule has 2 rings (SSSR count). The lowest BCUT2D eigenvalue weighted by Crippen LogP contribution is -2.08. The second-order valence-corrected chi connectivity index (χ2v) is 5.51. The van der Waals surface area contributed by atoms with Crippen molar-refractivity contribution in [3.63, 3.8) is 0 Å². The van der Waals surface area contributed by atoms with Gasteiger partial charge in [-0.2, -0.15) is 5.10 Å². The Morgan fingerprint density at radius 2 is 2.17 bits per heavy atom. The van der Waals surface area contributed by atoms with Crippen LogP contribution in [0.2, 0.25) is 0 Å². The van der Waals surface area contributed by atoms with Crippen LogP contribution < -0.4 is 0 Å². The average Bonchev–Trinajstić information content (AvgIpc) is 2.97. The second-order valence-electron chi connectivity index (χ2n) is 5.51. The largest absolute Gasteiger partial charge is 0.299 e. The first kappa shape index (κ1) is 13.3. The molecule has 0 N–H and O–H groups in total. The lowest BCUT2D eigenvalue weighted by Gasteiger charge is -2.07. The lowest BCUT2D eigenvalue weighted by molar-refractivity contribution is -0.118. The molecule has 1 saturated carbocycles. The molecule has 3 nitrogen and oxygen atoms in total. The van der Waals surface area contributed by atoms with Crippen LogP contribution in [0.3, 0.4) is 0 Å². The van der Waals surface area contributed by atoms with Gasteiger partial charge in [0.1, 0.15) is 5.78 Å². The number of hydrogen-bond acceptors (Lipinski definition) is 2. The van der Waals surface area contributed by atoms with Crippen LogP contribution >= 0.6 is 0 Å². The minimum atomic E-state index is 0.368. The molecule has 1 aromatic heterocycles. The summed E-state index contributed by atoms with van der Waals surface area (Å²) in [7, 11) is 1.93. The van der Waals surface area contributed by atoms with Gasteiger partial charge in [0.2, 0.25) is 0 Å². The monoisotopic (exact) mass is 248 g/mol. The van der Waals surface area contributed by atoms with Crippen molar-refractivity contribution in [1.29, 1.82) is 0 Å². The van der Waals surface area contributed by atoms with Crippen LogP contribution in [0.15, 0.2) is 6.07 Å². The molecule has 1 aliphatic rings. The van der Waals surface area contributed by atoms with Gasteiger partial charge >= 0.3 is 0 Å². The van der Waals surface area contributed by atoms with Crippen molar-refractivity contribution in [3.8, 4) is 0 Å². The van der Waals surface area contributed by atoms with Gasteiger partial charge in [0.25, 0.3) is 0 Å². The maximum Gasteiger partial charge on any atom is 0.138 e. The summed E-state index contributed by atoms with van der Waals surface area (Å²) in [4.78, 5) is 12.0. The van der Waals surface area contributed by atoms with E-state index in [-0.39, 0.29) is 0 Å². The molecule has 0 bridgehead atoms. The zero-order chi connectivity index (χ0) is 13.0. The first-order valence-electron chi connectivity index (χ1n) is 7.22. The van der Waals surface area contributed by atoms with Crippen LogP contribution in [0, 0.1) is 5.92 Å². The van der Waals surface area contributed by atoms with E-state index in [0.29, 0.717) is 12.2 Å². The Bertz CT molecular complexity index is 403. The number of aryl methyl sites for hydroxylation is 2. The molecule has 0 spiro atoms. The molecule has 100 valence electrons. The average molecular weight is 248 g/mol. The number of rotatable bonds is 6.